The molecule has 0 unspecified atom stereocenters. The molecule has 2 heterocycles. The molecule has 0 N–H and O–H groups in total. The van der Waals surface area contributed by atoms with Crippen LogP contribution in [0.1, 0.15) is 28.4 Å². The topological polar surface area (TPSA) is 108 Å². The van der Waals surface area contributed by atoms with E-state index in [1.807, 2.05) is 0 Å². The van der Waals surface area contributed by atoms with Crippen LogP contribution in [0.15, 0.2) is 60.7 Å². The molecule has 0 spiro atoms. The van der Waals surface area contributed by atoms with Gasteiger partial charge in [0.2, 0.25) is 0 Å². The fraction of sp³-hybridized carbons (Fsp3) is 0.360. The van der Waals surface area contributed by atoms with Crippen LogP contribution >= 0.6 is 0 Å². The van der Waals surface area contributed by atoms with E-state index in [1.165, 1.54) is 19.1 Å². The van der Waals surface area contributed by atoms with Crippen molar-refractivity contribution in [2.45, 2.75) is 30.8 Å². The van der Waals surface area contributed by atoms with Gasteiger partial charge in [-0.3, -0.25) is 9.59 Å². The lowest BCUT2D eigenvalue weighted by atomic mass is 9.93. The summed E-state index contributed by atoms with van der Waals surface area (Å²) in [6.45, 7) is 0.254. The molecule has 2 saturated heterocycles. The zero-order chi connectivity index (χ0) is 24.2. The van der Waals surface area contributed by atoms with Gasteiger partial charge in [-0.25, -0.2) is 9.59 Å². The van der Waals surface area contributed by atoms with Gasteiger partial charge in [0.05, 0.1) is 18.7 Å². The molecule has 9 heteroatoms. The predicted octanol–water partition coefficient (Wildman–Crippen LogP) is 1.92. The first-order valence-electron chi connectivity index (χ1n) is 10.9. The summed E-state index contributed by atoms with van der Waals surface area (Å²) < 4.78 is 21.4. The van der Waals surface area contributed by atoms with Crippen LogP contribution in [0, 0.1) is 5.92 Å². The van der Waals surface area contributed by atoms with Crippen molar-refractivity contribution in [3.05, 3.63) is 71.8 Å². The Hall–Kier alpha value is -3.72. The summed E-state index contributed by atoms with van der Waals surface area (Å²) in [6, 6.07) is 16.3. The van der Waals surface area contributed by atoms with Crippen molar-refractivity contribution < 1.29 is 38.1 Å². The van der Waals surface area contributed by atoms with E-state index in [1.54, 1.807) is 60.7 Å². The Morgan fingerprint density at radius 1 is 0.941 bits per heavy atom. The summed E-state index contributed by atoms with van der Waals surface area (Å²) in [5, 5.41) is 0. The van der Waals surface area contributed by atoms with Gasteiger partial charge in [0.25, 0.3) is 5.91 Å². The molecule has 0 saturated carbocycles. The average Bonchev–Trinajstić information content (AvgIpc) is 3.39. The first-order valence-corrected chi connectivity index (χ1v) is 10.9. The van der Waals surface area contributed by atoms with Crippen LogP contribution in [0.4, 0.5) is 0 Å². The zero-order valence-corrected chi connectivity index (χ0v) is 18.8. The van der Waals surface area contributed by atoms with E-state index in [2.05, 4.69) is 0 Å². The molecule has 4 rings (SSSR count). The lowest BCUT2D eigenvalue weighted by Gasteiger charge is -2.25. The van der Waals surface area contributed by atoms with Crippen LogP contribution in [-0.2, 0) is 33.3 Å². The van der Waals surface area contributed by atoms with Crippen LogP contribution in [-0.4, -0.2) is 67.7 Å². The summed E-state index contributed by atoms with van der Waals surface area (Å²) in [5.74, 6) is -3.77. The number of rotatable bonds is 7. The quantitative estimate of drug-likeness (QED) is 0.449. The Kier molecular flexibility index (Phi) is 6.93. The molecule has 1 amide bonds. The highest BCUT2D eigenvalue weighted by molar-refractivity contribution is 5.95. The summed E-state index contributed by atoms with van der Waals surface area (Å²) in [7, 11) is 2.54. The summed E-state index contributed by atoms with van der Waals surface area (Å²) in [5.41, 5.74) is 0.902. The second-order valence-electron chi connectivity index (χ2n) is 8.05. The third-order valence-electron chi connectivity index (χ3n) is 6.15. The van der Waals surface area contributed by atoms with Crippen molar-refractivity contribution in [2.24, 2.45) is 5.92 Å². The standard InChI is InChI=1S/C25H25NO8/c1-31-20(15-9-5-3-6-10-15)25(30)34-21-18(24(29)32-2)19-17(13-14-26(19)22(21)27)33-23(28)16-11-7-4-8-12-16/h3-12,17-21H,13-14H2,1-2H3/t17-,18-,19-,20-,21+/m0/s1. The Bertz CT molecular complexity index is 1060. The Morgan fingerprint density at radius 2 is 1.59 bits per heavy atom. The number of amides is 1. The highest BCUT2D eigenvalue weighted by Crippen LogP contribution is 2.39. The number of ether oxygens (including phenoxy) is 4. The van der Waals surface area contributed by atoms with Crippen molar-refractivity contribution in [3.8, 4) is 0 Å². The molecule has 9 nitrogen and oxygen atoms in total. The van der Waals surface area contributed by atoms with Gasteiger partial charge < -0.3 is 23.8 Å². The molecule has 2 aromatic carbocycles. The third-order valence-corrected chi connectivity index (χ3v) is 6.15. The molecule has 0 aromatic heterocycles. The third kappa shape index (κ3) is 4.38. The van der Waals surface area contributed by atoms with E-state index in [0.29, 0.717) is 17.5 Å². The molecule has 0 bridgehead atoms. The normalized spacial score (nSPS) is 24.3. The highest BCUT2D eigenvalue weighted by atomic mass is 16.6. The molecule has 178 valence electrons. The van der Waals surface area contributed by atoms with Crippen molar-refractivity contribution in [3.63, 3.8) is 0 Å². The number of fused-ring (bicyclic) bond motifs is 1. The average molecular weight is 467 g/mol. The van der Waals surface area contributed by atoms with Gasteiger partial charge in [0.1, 0.15) is 12.0 Å². The Labute approximate surface area is 196 Å². The van der Waals surface area contributed by atoms with Crippen LogP contribution in [0.5, 0.6) is 0 Å². The van der Waals surface area contributed by atoms with Gasteiger partial charge in [-0.15, -0.1) is 0 Å². The largest absolute Gasteiger partial charge is 0.469 e. The van der Waals surface area contributed by atoms with E-state index < -0.39 is 54.1 Å². The Morgan fingerprint density at radius 3 is 2.21 bits per heavy atom. The molecule has 0 aliphatic carbocycles. The number of hydrogen-bond donors (Lipinski definition) is 0. The second kappa shape index (κ2) is 10.0. The molecular formula is C25H25NO8. The molecule has 34 heavy (non-hydrogen) atoms. The van der Waals surface area contributed by atoms with Gasteiger partial charge in [0.15, 0.2) is 12.2 Å². The van der Waals surface area contributed by atoms with Crippen LogP contribution < -0.4 is 0 Å². The molecule has 2 aromatic rings. The fourth-order valence-corrected chi connectivity index (χ4v) is 4.58. The van der Waals surface area contributed by atoms with E-state index in [-0.39, 0.29) is 6.54 Å². The lowest BCUT2D eigenvalue weighted by Crippen LogP contribution is -2.43. The monoisotopic (exact) mass is 467 g/mol. The minimum Gasteiger partial charge on any atom is -0.469 e. The molecule has 2 aliphatic heterocycles. The van der Waals surface area contributed by atoms with Crippen molar-refractivity contribution in [1.82, 2.24) is 4.90 Å². The van der Waals surface area contributed by atoms with Crippen molar-refractivity contribution in [1.29, 1.82) is 0 Å². The zero-order valence-electron chi connectivity index (χ0n) is 18.8. The van der Waals surface area contributed by atoms with E-state index in [9.17, 15) is 19.2 Å². The number of nitrogens with zero attached hydrogens (tertiary/aromatic N) is 1. The first-order chi connectivity index (χ1) is 16.5. The van der Waals surface area contributed by atoms with Crippen LogP contribution in [0.25, 0.3) is 0 Å². The Balaban J connectivity index is 1.56. The van der Waals surface area contributed by atoms with Crippen LogP contribution in [0.3, 0.4) is 0 Å². The van der Waals surface area contributed by atoms with E-state index in [0.717, 1.165) is 0 Å². The maximum absolute atomic E-state index is 13.2. The molecule has 0 radical (unpaired) electrons. The molecule has 2 aliphatic rings. The smallest absolute Gasteiger partial charge is 0.340 e. The van der Waals surface area contributed by atoms with E-state index in [4.69, 9.17) is 18.9 Å². The fourth-order valence-electron chi connectivity index (χ4n) is 4.58. The number of carbonyl (C=O) groups excluding carboxylic acids is 4. The van der Waals surface area contributed by atoms with Gasteiger partial charge in [-0.2, -0.15) is 0 Å². The van der Waals surface area contributed by atoms with E-state index >= 15 is 0 Å². The number of benzene rings is 2. The van der Waals surface area contributed by atoms with Gasteiger partial charge in [-0.05, 0) is 17.7 Å². The van der Waals surface area contributed by atoms with Crippen LogP contribution in [0.2, 0.25) is 0 Å². The number of hydrogen-bond acceptors (Lipinski definition) is 8. The molecule has 2 fully saturated rings. The van der Waals surface area contributed by atoms with Crippen molar-refractivity contribution >= 4 is 23.8 Å². The maximum atomic E-state index is 13.2. The van der Waals surface area contributed by atoms with Gasteiger partial charge >= 0.3 is 17.9 Å². The molecular weight excluding hydrogens is 442 g/mol. The van der Waals surface area contributed by atoms with Gasteiger partial charge in [-0.1, -0.05) is 48.5 Å². The number of carbonyl (C=O) groups is 4. The second-order valence-corrected chi connectivity index (χ2v) is 8.05. The lowest BCUT2D eigenvalue weighted by molar-refractivity contribution is -0.171. The predicted molar refractivity (Wildman–Crippen MR) is 117 cm³/mol. The molecule has 5 atom stereocenters. The maximum Gasteiger partial charge on any atom is 0.340 e. The number of esters is 3. The summed E-state index contributed by atoms with van der Waals surface area (Å²) >= 11 is 0. The van der Waals surface area contributed by atoms with Gasteiger partial charge in [0, 0.05) is 20.1 Å². The highest BCUT2D eigenvalue weighted by Gasteiger charge is 2.60. The summed E-state index contributed by atoms with van der Waals surface area (Å²) in [4.78, 5) is 52.9. The summed E-state index contributed by atoms with van der Waals surface area (Å²) in [6.07, 6.45) is -2.89. The van der Waals surface area contributed by atoms with Crippen molar-refractivity contribution in [2.75, 3.05) is 20.8 Å². The first kappa shape index (κ1) is 23.4. The SMILES string of the molecule is COC(=O)[C@H]1[C@@H]2[C@@H](OC(=O)c3ccccc3)CCN2C(=O)[C@@H]1OC(=O)[C@@H](OC)c1ccccc1. The number of methoxy groups -OCH3 is 2. The minimum atomic E-state index is -1.41. The minimum absolute atomic E-state index is 0.254.